The van der Waals surface area contributed by atoms with Crippen LogP contribution in [0.15, 0.2) is 0 Å². The largest absolute Gasteiger partial charge is 0.394 e. The van der Waals surface area contributed by atoms with Crippen LogP contribution in [0, 0.1) is 0 Å². The van der Waals surface area contributed by atoms with Crippen molar-refractivity contribution in [2.45, 2.75) is 63.3 Å². The summed E-state index contributed by atoms with van der Waals surface area (Å²) in [5, 5.41) is 40.5. The molecule has 0 radical (unpaired) electrons. The van der Waals surface area contributed by atoms with Crippen molar-refractivity contribution < 1.29 is 30.0 Å². The highest BCUT2D eigenvalue weighted by atomic mass is 16.6. The first kappa shape index (κ1) is 16.3. The van der Waals surface area contributed by atoms with E-state index >= 15 is 0 Å². The topological polar surface area (TPSA) is 119 Å². The lowest BCUT2D eigenvalue weighted by Crippen LogP contribution is -2.64. The van der Waals surface area contributed by atoms with E-state index in [0.717, 1.165) is 19.3 Å². The van der Waals surface area contributed by atoms with Crippen LogP contribution in [-0.4, -0.2) is 63.6 Å². The summed E-state index contributed by atoms with van der Waals surface area (Å²) in [5.74, 6) is -0.310. The number of amides is 1. The quantitative estimate of drug-likeness (QED) is 0.376. The van der Waals surface area contributed by atoms with Crippen LogP contribution in [0.1, 0.15) is 32.6 Å². The summed E-state index contributed by atoms with van der Waals surface area (Å²) in [6.45, 7) is 1.50. The van der Waals surface area contributed by atoms with Gasteiger partial charge in [-0.3, -0.25) is 4.79 Å². The van der Waals surface area contributed by atoms with Gasteiger partial charge in [-0.1, -0.05) is 19.8 Å². The Bertz CT molecular complexity index is 287. The van der Waals surface area contributed by atoms with Crippen LogP contribution in [0.25, 0.3) is 0 Å². The Balaban J connectivity index is 2.50. The lowest BCUT2D eigenvalue weighted by molar-refractivity contribution is -0.253. The first-order chi connectivity index (χ1) is 9.01. The molecule has 112 valence electrons. The van der Waals surface area contributed by atoms with Gasteiger partial charge in [0.05, 0.1) is 6.61 Å². The number of aliphatic hydroxyl groups is 4. The van der Waals surface area contributed by atoms with Crippen molar-refractivity contribution in [1.29, 1.82) is 0 Å². The van der Waals surface area contributed by atoms with Gasteiger partial charge in [-0.25, -0.2) is 0 Å². The first-order valence-corrected chi connectivity index (χ1v) is 6.61. The average Bonchev–Trinajstić information content (AvgIpc) is 2.39. The number of ether oxygens (including phenoxy) is 1. The second-order valence-electron chi connectivity index (χ2n) is 4.78. The monoisotopic (exact) mass is 277 g/mol. The van der Waals surface area contributed by atoms with Gasteiger partial charge in [0.25, 0.3) is 0 Å². The maximum absolute atomic E-state index is 11.6. The summed E-state index contributed by atoms with van der Waals surface area (Å²) >= 11 is 0. The first-order valence-electron chi connectivity index (χ1n) is 6.61. The second kappa shape index (κ2) is 7.76. The molecule has 1 fully saturated rings. The molecule has 1 aliphatic rings. The molecule has 7 heteroatoms. The second-order valence-corrected chi connectivity index (χ2v) is 4.78. The van der Waals surface area contributed by atoms with Gasteiger partial charge >= 0.3 is 0 Å². The number of carbonyl (C=O) groups excluding carboxylic acids is 1. The van der Waals surface area contributed by atoms with Gasteiger partial charge in [-0.15, -0.1) is 0 Å². The zero-order chi connectivity index (χ0) is 14.4. The van der Waals surface area contributed by atoms with E-state index in [1.165, 1.54) is 0 Å². The van der Waals surface area contributed by atoms with Crippen molar-refractivity contribution in [3.63, 3.8) is 0 Å². The molecular formula is C12H23NO6. The summed E-state index contributed by atoms with van der Waals surface area (Å²) in [6.07, 6.45) is -2.31. The highest BCUT2D eigenvalue weighted by molar-refractivity contribution is 5.76. The van der Waals surface area contributed by atoms with Crippen molar-refractivity contribution >= 4 is 5.91 Å². The Kier molecular flexibility index (Phi) is 6.67. The molecule has 7 nitrogen and oxygen atoms in total. The summed E-state index contributed by atoms with van der Waals surface area (Å²) in [7, 11) is 0. The van der Waals surface area contributed by atoms with Crippen LogP contribution in [0.4, 0.5) is 0 Å². The summed E-state index contributed by atoms with van der Waals surface area (Å²) in [4.78, 5) is 11.6. The van der Waals surface area contributed by atoms with Crippen LogP contribution in [0.3, 0.4) is 0 Å². The van der Waals surface area contributed by atoms with E-state index in [-0.39, 0.29) is 5.91 Å². The predicted molar refractivity (Wildman–Crippen MR) is 66.1 cm³/mol. The molecule has 1 heterocycles. The van der Waals surface area contributed by atoms with Crippen LogP contribution < -0.4 is 5.32 Å². The van der Waals surface area contributed by atoms with Crippen molar-refractivity contribution in [3.05, 3.63) is 0 Å². The van der Waals surface area contributed by atoms with Crippen LogP contribution in [0.2, 0.25) is 0 Å². The average molecular weight is 277 g/mol. The molecule has 0 saturated carbocycles. The smallest absolute Gasteiger partial charge is 0.220 e. The Morgan fingerprint density at radius 1 is 1.21 bits per heavy atom. The molecule has 5 N–H and O–H groups in total. The number of hydrogen-bond acceptors (Lipinski definition) is 6. The fourth-order valence-electron chi connectivity index (χ4n) is 2.05. The normalized spacial score (nSPS) is 35.1. The Morgan fingerprint density at radius 2 is 1.89 bits per heavy atom. The van der Waals surface area contributed by atoms with Crippen molar-refractivity contribution in [3.8, 4) is 0 Å². The molecule has 0 unspecified atom stereocenters. The van der Waals surface area contributed by atoms with Gasteiger partial charge in [0, 0.05) is 6.42 Å². The third-order valence-corrected chi connectivity index (χ3v) is 3.24. The van der Waals surface area contributed by atoms with Crippen molar-refractivity contribution in [2.75, 3.05) is 6.61 Å². The minimum absolute atomic E-state index is 0.295. The highest BCUT2D eigenvalue weighted by Crippen LogP contribution is 2.19. The molecule has 1 rings (SSSR count). The summed E-state index contributed by atoms with van der Waals surface area (Å²) < 4.78 is 4.94. The maximum atomic E-state index is 11.6. The molecule has 1 aliphatic heterocycles. The maximum Gasteiger partial charge on any atom is 0.220 e. The molecule has 0 aromatic carbocycles. The summed E-state index contributed by atoms with van der Waals surface area (Å²) in [5.41, 5.74) is 0. The van der Waals surface area contributed by atoms with Crippen molar-refractivity contribution in [1.82, 2.24) is 5.32 Å². The molecule has 5 atom stereocenters. The molecule has 0 aromatic heterocycles. The number of nitrogens with one attached hydrogen (secondary N) is 1. The zero-order valence-electron chi connectivity index (χ0n) is 11.0. The van der Waals surface area contributed by atoms with Gasteiger partial charge < -0.3 is 30.5 Å². The highest BCUT2D eigenvalue weighted by Gasteiger charge is 2.44. The van der Waals surface area contributed by atoms with E-state index < -0.39 is 37.3 Å². The minimum Gasteiger partial charge on any atom is -0.394 e. The number of hydrogen-bond donors (Lipinski definition) is 5. The van der Waals surface area contributed by atoms with E-state index in [1.807, 2.05) is 6.92 Å². The third-order valence-electron chi connectivity index (χ3n) is 3.24. The molecule has 0 bridgehead atoms. The van der Waals surface area contributed by atoms with E-state index in [1.54, 1.807) is 0 Å². The molecule has 0 aromatic rings. The Labute approximate surface area is 112 Å². The van der Waals surface area contributed by atoms with Crippen LogP contribution >= 0.6 is 0 Å². The molecule has 19 heavy (non-hydrogen) atoms. The third kappa shape index (κ3) is 4.39. The Hall–Kier alpha value is -0.730. The SMILES string of the molecule is CCCCCC(=O)N[C@@H]1[C@@H](O)[C@H](O)[C@H](CO)O[C@@H]1O. The number of aliphatic hydroxyl groups excluding tert-OH is 4. The van der Waals surface area contributed by atoms with E-state index in [2.05, 4.69) is 5.32 Å². The molecule has 1 amide bonds. The molecule has 0 spiro atoms. The minimum atomic E-state index is -1.45. The van der Waals surface area contributed by atoms with E-state index in [0.29, 0.717) is 6.42 Å². The zero-order valence-corrected chi connectivity index (χ0v) is 11.0. The fraction of sp³-hybridized carbons (Fsp3) is 0.917. The molecular weight excluding hydrogens is 254 g/mol. The van der Waals surface area contributed by atoms with Gasteiger partial charge in [-0.2, -0.15) is 0 Å². The molecule has 0 aliphatic carbocycles. The molecule has 1 saturated heterocycles. The van der Waals surface area contributed by atoms with Gasteiger partial charge in [-0.05, 0) is 6.42 Å². The van der Waals surface area contributed by atoms with Gasteiger partial charge in [0.2, 0.25) is 5.91 Å². The van der Waals surface area contributed by atoms with E-state index in [4.69, 9.17) is 9.84 Å². The van der Waals surface area contributed by atoms with Crippen LogP contribution in [-0.2, 0) is 9.53 Å². The lowest BCUT2D eigenvalue weighted by atomic mass is 9.97. The standard InChI is InChI=1S/C12H23NO6/c1-2-3-4-5-8(15)13-9-11(17)10(16)7(6-14)19-12(9)18/h7,9-12,14,16-18H,2-6H2,1H3,(H,13,15)/t7-,9+,10+,11+,12-/m0/s1. The van der Waals surface area contributed by atoms with Gasteiger partial charge in [0.15, 0.2) is 6.29 Å². The number of unbranched alkanes of at least 4 members (excludes halogenated alkanes) is 2. The van der Waals surface area contributed by atoms with E-state index in [9.17, 15) is 20.1 Å². The number of rotatable bonds is 6. The number of carbonyl (C=O) groups is 1. The predicted octanol–water partition coefficient (Wildman–Crippen LogP) is -1.52. The van der Waals surface area contributed by atoms with Crippen molar-refractivity contribution in [2.24, 2.45) is 0 Å². The fourth-order valence-corrected chi connectivity index (χ4v) is 2.05. The van der Waals surface area contributed by atoms with Crippen LogP contribution in [0.5, 0.6) is 0 Å². The van der Waals surface area contributed by atoms with Gasteiger partial charge in [0.1, 0.15) is 24.4 Å². The lowest BCUT2D eigenvalue weighted by Gasteiger charge is -2.40. The summed E-state index contributed by atoms with van der Waals surface area (Å²) in [6, 6.07) is -1.09. The Morgan fingerprint density at radius 3 is 2.47 bits per heavy atom.